The van der Waals surface area contributed by atoms with Crippen LogP contribution < -0.4 is 5.32 Å². The van der Waals surface area contributed by atoms with E-state index in [4.69, 9.17) is 4.42 Å². The molecular weight excluding hydrogens is 246 g/mol. The Morgan fingerprint density at radius 3 is 2.94 bits per heavy atom. The molecule has 0 aliphatic heterocycles. The van der Waals surface area contributed by atoms with Crippen LogP contribution in [0.15, 0.2) is 39.6 Å². The Labute approximate surface area is 111 Å². The van der Waals surface area contributed by atoms with E-state index in [1.807, 2.05) is 0 Å². The van der Waals surface area contributed by atoms with Gasteiger partial charge in [-0.05, 0) is 54.8 Å². The molecule has 2 atom stereocenters. The van der Waals surface area contributed by atoms with Crippen LogP contribution in [0.25, 0.3) is 0 Å². The first kappa shape index (κ1) is 13.3. The third-order valence-electron chi connectivity index (χ3n) is 2.97. The Bertz CT molecular complexity index is 448. The van der Waals surface area contributed by atoms with Crippen LogP contribution in [-0.2, 0) is 12.0 Å². The first-order chi connectivity index (χ1) is 8.58. The molecule has 0 fully saturated rings. The van der Waals surface area contributed by atoms with E-state index in [0.717, 1.165) is 6.42 Å². The van der Waals surface area contributed by atoms with Crippen molar-refractivity contribution in [2.45, 2.75) is 31.9 Å². The summed E-state index contributed by atoms with van der Waals surface area (Å²) in [5.41, 5.74) is 0.365. The smallest absolute Gasteiger partial charge is 0.136 e. The van der Waals surface area contributed by atoms with Gasteiger partial charge in [0.2, 0.25) is 0 Å². The highest BCUT2D eigenvalue weighted by Crippen LogP contribution is 2.20. The number of furan rings is 1. The maximum Gasteiger partial charge on any atom is 0.136 e. The van der Waals surface area contributed by atoms with E-state index in [-0.39, 0.29) is 0 Å². The summed E-state index contributed by atoms with van der Waals surface area (Å²) in [6.07, 6.45) is 2.55. The Morgan fingerprint density at radius 1 is 1.50 bits per heavy atom. The van der Waals surface area contributed by atoms with E-state index < -0.39 is 5.60 Å². The molecule has 2 aromatic heterocycles. The molecule has 2 rings (SSSR count). The van der Waals surface area contributed by atoms with Gasteiger partial charge in [0, 0.05) is 12.6 Å². The van der Waals surface area contributed by atoms with E-state index in [9.17, 15) is 5.11 Å². The third kappa shape index (κ3) is 3.45. The molecule has 0 bridgehead atoms. The molecule has 98 valence electrons. The molecule has 0 amide bonds. The molecule has 0 aliphatic rings. The van der Waals surface area contributed by atoms with Gasteiger partial charge in [0.15, 0.2) is 0 Å². The number of hydrogen-bond acceptors (Lipinski definition) is 4. The lowest BCUT2D eigenvalue weighted by Crippen LogP contribution is -2.40. The molecule has 3 nitrogen and oxygen atoms in total. The lowest BCUT2D eigenvalue weighted by molar-refractivity contribution is 0.0321. The highest BCUT2D eigenvalue weighted by atomic mass is 32.1. The summed E-state index contributed by atoms with van der Waals surface area (Å²) < 4.78 is 5.25. The fourth-order valence-corrected chi connectivity index (χ4v) is 2.56. The minimum atomic E-state index is -0.966. The molecule has 2 aromatic rings. The van der Waals surface area contributed by atoms with Crippen LogP contribution in [-0.4, -0.2) is 17.7 Å². The number of rotatable bonds is 6. The summed E-state index contributed by atoms with van der Waals surface area (Å²) in [6.45, 7) is 4.36. The Morgan fingerprint density at radius 2 is 2.33 bits per heavy atom. The Kier molecular flexibility index (Phi) is 4.22. The predicted octanol–water partition coefficient (Wildman–Crippen LogP) is 2.77. The van der Waals surface area contributed by atoms with Gasteiger partial charge in [0.05, 0.1) is 6.26 Å². The van der Waals surface area contributed by atoms with Crippen molar-refractivity contribution in [3.63, 3.8) is 0 Å². The standard InChI is InChI=1S/C14H19NO2S/c1-11(8-12-5-7-18-9-12)15-10-14(2,16)13-4-3-6-17-13/h3-7,9,11,15-16H,8,10H2,1-2H3. The molecule has 0 aliphatic carbocycles. The van der Waals surface area contributed by atoms with Gasteiger partial charge in [-0.15, -0.1) is 0 Å². The lowest BCUT2D eigenvalue weighted by atomic mass is 10.0. The predicted molar refractivity (Wildman–Crippen MR) is 73.8 cm³/mol. The molecule has 2 N–H and O–H groups in total. The molecule has 2 heterocycles. The summed E-state index contributed by atoms with van der Waals surface area (Å²) in [5.74, 6) is 0.595. The van der Waals surface area contributed by atoms with E-state index in [0.29, 0.717) is 18.3 Å². The van der Waals surface area contributed by atoms with Crippen LogP contribution in [0.4, 0.5) is 0 Å². The summed E-state index contributed by atoms with van der Waals surface area (Å²) in [4.78, 5) is 0. The zero-order chi connectivity index (χ0) is 13.0. The van der Waals surface area contributed by atoms with Crippen molar-refractivity contribution in [2.24, 2.45) is 0 Å². The summed E-state index contributed by atoms with van der Waals surface area (Å²) in [6, 6.07) is 6.04. The zero-order valence-corrected chi connectivity index (χ0v) is 11.5. The molecule has 0 saturated heterocycles. The van der Waals surface area contributed by atoms with Gasteiger partial charge in [-0.1, -0.05) is 0 Å². The van der Waals surface area contributed by atoms with Crippen LogP contribution in [0.2, 0.25) is 0 Å². The van der Waals surface area contributed by atoms with E-state index in [1.54, 1.807) is 36.7 Å². The van der Waals surface area contributed by atoms with Crippen molar-refractivity contribution in [3.8, 4) is 0 Å². The molecule has 0 aromatic carbocycles. The maximum atomic E-state index is 10.3. The van der Waals surface area contributed by atoms with Gasteiger partial charge in [0.25, 0.3) is 0 Å². The average Bonchev–Trinajstić information content (AvgIpc) is 2.99. The molecular formula is C14H19NO2S. The van der Waals surface area contributed by atoms with Gasteiger partial charge >= 0.3 is 0 Å². The zero-order valence-electron chi connectivity index (χ0n) is 10.7. The Hall–Kier alpha value is -1.10. The first-order valence-corrected chi connectivity index (χ1v) is 7.03. The van der Waals surface area contributed by atoms with E-state index in [1.165, 1.54) is 5.56 Å². The highest BCUT2D eigenvalue weighted by Gasteiger charge is 2.26. The number of hydrogen-bond donors (Lipinski definition) is 2. The van der Waals surface area contributed by atoms with Crippen LogP contribution >= 0.6 is 11.3 Å². The number of thiophene rings is 1. The van der Waals surface area contributed by atoms with Gasteiger partial charge in [-0.25, -0.2) is 0 Å². The van der Waals surface area contributed by atoms with Gasteiger partial charge in [0.1, 0.15) is 11.4 Å². The van der Waals surface area contributed by atoms with Crippen LogP contribution in [0.5, 0.6) is 0 Å². The van der Waals surface area contributed by atoms with Crippen molar-refractivity contribution in [1.29, 1.82) is 0 Å². The van der Waals surface area contributed by atoms with E-state index in [2.05, 4.69) is 29.1 Å². The third-order valence-corrected chi connectivity index (χ3v) is 3.70. The molecule has 0 radical (unpaired) electrons. The minimum absolute atomic E-state index is 0.320. The Balaban J connectivity index is 1.84. The first-order valence-electron chi connectivity index (χ1n) is 6.09. The van der Waals surface area contributed by atoms with Crippen molar-refractivity contribution in [2.75, 3.05) is 6.54 Å². The lowest BCUT2D eigenvalue weighted by Gasteiger charge is -2.24. The monoisotopic (exact) mass is 265 g/mol. The fourth-order valence-electron chi connectivity index (χ4n) is 1.88. The summed E-state index contributed by atoms with van der Waals surface area (Å²) >= 11 is 1.71. The SMILES string of the molecule is CC(Cc1ccsc1)NCC(C)(O)c1ccco1. The van der Waals surface area contributed by atoms with Crippen LogP contribution in [0.3, 0.4) is 0 Å². The quantitative estimate of drug-likeness (QED) is 0.844. The van der Waals surface area contributed by atoms with Crippen LogP contribution in [0.1, 0.15) is 25.2 Å². The second-order valence-corrected chi connectivity index (χ2v) is 5.65. The number of aliphatic hydroxyl groups is 1. The van der Waals surface area contributed by atoms with Crippen molar-refractivity contribution >= 4 is 11.3 Å². The van der Waals surface area contributed by atoms with Crippen molar-refractivity contribution in [1.82, 2.24) is 5.32 Å². The molecule has 0 spiro atoms. The summed E-state index contributed by atoms with van der Waals surface area (Å²) in [7, 11) is 0. The van der Waals surface area contributed by atoms with Gasteiger partial charge in [-0.2, -0.15) is 11.3 Å². The molecule has 4 heteroatoms. The average molecular weight is 265 g/mol. The summed E-state index contributed by atoms with van der Waals surface area (Å²) in [5, 5.41) is 17.9. The minimum Gasteiger partial charge on any atom is -0.466 e. The molecule has 0 saturated carbocycles. The van der Waals surface area contributed by atoms with Gasteiger partial charge < -0.3 is 14.8 Å². The van der Waals surface area contributed by atoms with Crippen molar-refractivity contribution in [3.05, 3.63) is 46.5 Å². The topological polar surface area (TPSA) is 45.4 Å². The largest absolute Gasteiger partial charge is 0.466 e. The molecule has 2 unspecified atom stereocenters. The second-order valence-electron chi connectivity index (χ2n) is 4.87. The fraction of sp³-hybridized carbons (Fsp3) is 0.429. The maximum absolute atomic E-state index is 10.3. The highest BCUT2D eigenvalue weighted by molar-refractivity contribution is 7.07. The normalized spacial score (nSPS) is 16.4. The second kappa shape index (κ2) is 5.69. The number of nitrogens with one attached hydrogen (secondary N) is 1. The molecule has 18 heavy (non-hydrogen) atoms. The van der Waals surface area contributed by atoms with Crippen molar-refractivity contribution < 1.29 is 9.52 Å². The van der Waals surface area contributed by atoms with Gasteiger partial charge in [-0.3, -0.25) is 0 Å². The van der Waals surface area contributed by atoms with Crippen LogP contribution in [0, 0.1) is 0 Å². The van der Waals surface area contributed by atoms with E-state index >= 15 is 0 Å².